The Labute approximate surface area is 126 Å². The molecule has 2 aromatic rings. The maximum atomic E-state index is 4.79. The van der Waals surface area contributed by atoms with E-state index in [1.54, 1.807) is 0 Å². The minimum atomic E-state index is 0.296. The molecule has 1 N–H and O–H groups in total. The minimum Gasteiger partial charge on any atom is -0.370 e. The first-order valence-corrected chi connectivity index (χ1v) is 7.73. The summed E-state index contributed by atoms with van der Waals surface area (Å²) in [5.74, 6) is 2.09. The highest BCUT2D eigenvalue weighted by atomic mass is 15.3. The van der Waals surface area contributed by atoms with E-state index < -0.39 is 0 Å². The second kappa shape index (κ2) is 6.70. The number of anilines is 1. The molecule has 2 rings (SSSR count). The summed E-state index contributed by atoms with van der Waals surface area (Å²) in [4.78, 5) is 9.44. The van der Waals surface area contributed by atoms with E-state index in [4.69, 9.17) is 4.98 Å². The Hall–Kier alpha value is -1.91. The van der Waals surface area contributed by atoms with E-state index in [0.717, 1.165) is 48.1 Å². The summed E-state index contributed by atoms with van der Waals surface area (Å²) >= 11 is 0. The smallest absolute Gasteiger partial charge is 0.134 e. The molecule has 0 radical (unpaired) electrons. The van der Waals surface area contributed by atoms with Crippen LogP contribution in [0.2, 0.25) is 0 Å². The van der Waals surface area contributed by atoms with Gasteiger partial charge in [-0.25, -0.2) is 9.97 Å². The Morgan fingerprint density at radius 2 is 2.00 bits per heavy atom. The van der Waals surface area contributed by atoms with Gasteiger partial charge in [0, 0.05) is 30.8 Å². The van der Waals surface area contributed by atoms with Crippen molar-refractivity contribution in [2.45, 2.75) is 53.5 Å². The summed E-state index contributed by atoms with van der Waals surface area (Å²) in [5, 5.41) is 7.75. The molecule has 0 aliphatic heterocycles. The van der Waals surface area contributed by atoms with Crippen molar-refractivity contribution >= 4 is 5.82 Å². The Bertz CT molecular complexity index is 601. The van der Waals surface area contributed by atoms with Gasteiger partial charge >= 0.3 is 0 Å². The SMILES string of the molecule is CCCn1nccc1-c1nc(C(C)C)nc(NCC)c1C. The zero-order chi connectivity index (χ0) is 15.4. The average molecular weight is 287 g/mol. The van der Waals surface area contributed by atoms with E-state index in [1.807, 2.05) is 16.9 Å². The van der Waals surface area contributed by atoms with Crippen LogP contribution >= 0.6 is 0 Å². The molecule has 5 heteroatoms. The van der Waals surface area contributed by atoms with Gasteiger partial charge in [-0.2, -0.15) is 5.10 Å². The summed E-state index contributed by atoms with van der Waals surface area (Å²) < 4.78 is 2.02. The van der Waals surface area contributed by atoms with E-state index in [9.17, 15) is 0 Å². The van der Waals surface area contributed by atoms with E-state index in [1.165, 1.54) is 0 Å². The number of hydrogen-bond acceptors (Lipinski definition) is 4. The van der Waals surface area contributed by atoms with E-state index in [0.29, 0.717) is 5.92 Å². The third kappa shape index (κ3) is 3.23. The Morgan fingerprint density at radius 1 is 1.24 bits per heavy atom. The van der Waals surface area contributed by atoms with Crippen LogP contribution < -0.4 is 5.32 Å². The predicted octanol–water partition coefficient (Wildman–Crippen LogP) is 3.61. The lowest BCUT2D eigenvalue weighted by Crippen LogP contribution is -2.11. The minimum absolute atomic E-state index is 0.296. The van der Waals surface area contributed by atoms with Crippen molar-refractivity contribution in [3.05, 3.63) is 23.7 Å². The van der Waals surface area contributed by atoms with Crippen LogP contribution in [0, 0.1) is 6.92 Å². The second-order valence-corrected chi connectivity index (χ2v) is 5.53. The first-order chi connectivity index (χ1) is 10.1. The van der Waals surface area contributed by atoms with Crippen molar-refractivity contribution in [3.63, 3.8) is 0 Å². The number of hydrogen-bond donors (Lipinski definition) is 1. The van der Waals surface area contributed by atoms with Crippen molar-refractivity contribution < 1.29 is 0 Å². The van der Waals surface area contributed by atoms with Gasteiger partial charge in [0.1, 0.15) is 11.6 Å². The lowest BCUT2D eigenvalue weighted by atomic mass is 10.1. The van der Waals surface area contributed by atoms with E-state index in [2.05, 4.69) is 50.0 Å². The van der Waals surface area contributed by atoms with Crippen molar-refractivity contribution in [3.8, 4) is 11.4 Å². The van der Waals surface area contributed by atoms with Crippen molar-refractivity contribution in [2.24, 2.45) is 0 Å². The normalized spacial score (nSPS) is 11.1. The molecule has 0 amide bonds. The van der Waals surface area contributed by atoms with Crippen LogP contribution in [0.5, 0.6) is 0 Å². The molecule has 0 saturated carbocycles. The molecule has 0 aliphatic carbocycles. The van der Waals surface area contributed by atoms with Gasteiger partial charge in [0.15, 0.2) is 0 Å². The van der Waals surface area contributed by atoms with Crippen molar-refractivity contribution in [1.82, 2.24) is 19.7 Å². The maximum Gasteiger partial charge on any atom is 0.134 e. The third-order valence-electron chi connectivity index (χ3n) is 3.42. The molecule has 0 saturated heterocycles. The highest BCUT2D eigenvalue weighted by molar-refractivity contribution is 5.65. The van der Waals surface area contributed by atoms with Gasteiger partial charge in [0.2, 0.25) is 0 Å². The van der Waals surface area contributed by atoms with E-state index >= 15 is 0 Å². The highest BCUT2D eigenvalue weighted by Crippen LogP contribution is 2.27. The summed E-state index contributed by atoms with van der Waals surface area (Å²) in [5.41, 5.74) is 3.13. The molecule has 114 valence electrons. The number of nitrogens with one attached hydrogen (secondary N) is 1. The van der Waals surface area contributed by atoms with E-state index in [-0.39, 0.29) is 0 Å². The fourth-order valence-corrected chi connectivity index (χ4v) is 2.30. The van der Waals surface area contributed by atoms with Gasteiger partial charge in [-0.05, 0) is 26.3 Å². The molecule has 0 fully saturated rings. The fraction of sp³-hybridized carbons (Fsp3) is 0.562. The van der Waals surface area contributed by atoms with Crippen LogP contribution in [0.4, 0.5) is 5.82 Å². The number of rotatable bonds is 6. The monoisotopic (exact) mass is 287 g/mol. The summed E-state index contributed by atoms with van der Waals surface area (Å²) in [6.45, 7) is 12.3. The Morgan fingerprint density at radius 3 is 2.62 bits per heavy atom. The first kappa shape index (κ1) is 15.5. The van der Waals surface area contributed by atoms with Crippen molar-refractivity contribution in [1.29, 1.82) is 0 Å². The van der Waals surface area contributed by atoms with Crippen LogP contribution in [0.1, 0.15) is 51.4 Å². The molecule has 0 aromatic carbocycles. The molecule has 0 unspecified atom stereocenters. The van der Waals surface area contributed by atoms with Gasteiger partial charge in [-0.1, -0.05) is 20.8 Å². The van der Waals surface area contributed by atoms with Gasteiger partial charge in [0.05, 0.1) is 11.4 Å². The second-order valence-electron chi connectivity index (χ2n) is 5.53. The van der Waals surface area contributed by atoms with Crippen LogP contribution in [0.25, 0.3) is 11.4 Å². The molecule has 21 heavy (non-hydrogen) atoms. The van der Waals surface area contributed by atoms with Crippen LogP contribution in [-0.4, -0.2) is 26.3 Å². The molecule has 0 spiro atoms. The van der Waals surface area contributed by atoms with Crippen LogP contribution in [0.15, 0.2) is 12.3 Å². The number of aromatic nitrogens is 4. The zero-order valence-electron chi connectivity index (χ0n) is 13.6. The maximum absolute atomic E-state index is 4.79. The van der Waals surface area contributed by atoms with Gasteiger partial charge < -0.3 is 5.32 Å². The van der Waals surface area contributed by atoms with Gasteiger partial charge in [-0.15, -0.1) is 0 Å². The van der Waals surface area contributed by atoms with Crippen LogP contribution in [-0.2, 0) is 6.54 Å². The molecule has 0 bridgehead atoms. The molecule has 2 heterocycles. The average Bonchev–Trinajstić information content (AvgIpc) is 2.89. The quantitative estimate of drug-likeness (QED) is 0.881. The fourth-order valence-electron chi connectivity index (χ4n) is 2.30. The zero-order valence-corrected chi connectivity index (χ0v) is 13.6. The summed E-state index contributed by atoms with van der Waals surface area (Å²) in [6.07, 6.45) is 2.89. The number of nitrogens with zero attached hydrogens (tertiary/aromatic N) is 4. The molecule has 0 aliphatic rings. The molecular weight excluding hydrogens is 262 g/mol. The highest BCUT2D eigenvalue weighted by Gasteiger charge is 2.16. The van der Waals surface area contributed by atoms with Crippen LogP contribution in [0.3, 0.4) is 0 Å². The summed E-state index contributed by atoms with van der Waals surface area (Å²) in [7, 11) is 0. The standard InChI is InChI=1S/C16H25N5/c1-6-10-21-13(8-9-18-21)14-12(5)16(17-7-2)20-15(19-14)11(3)4/h8-9,11H,6-7,10H2,1-5H3,(H,17,19,20). The van der Waals surface area contributed by atoms with Gasteiger partial charge in [0.25, 0.3) is 0 Å². The lowest BCUT2D eigenvalue weighted by molar-refractivity contribution is 0.607. The third-order valence-corrected chi connectivity index (χ3v) is 3.42. The topological polar surface area (TPSA) is 55.6 Å². The first-order valence-electron chi connectivity index (χ1n) is 7.73. The lowest BCUT2D eigenvalue weighted by Gasteiger charge is -2.15. The van der Waals surface area contributed by atoms with Gasteiger partial charge in [-0.3, -0.25) is 4.68 Å². The molecular formula is C16H25N5. The largest absolute Gasteiger partial charge is 0.370 e. The molecule has 0 atom stereocenters. The predicted molar refractivity (Wildman–Crippen MR) is 86.5 cm³/mol. The Kier molecular flexibility index (Phi) is 4.94. The number of aryl methyl sites for hydroxylation is 1. The summed E-state index contributed by atoms with van der Waals surface area (Å²) in [6, 6.07) is 2.03. The molecule has 5 nitrogen and oxygen atoms in total. The van der Waals surface area contributed by atoms with Crippen molar-refractivity contribution in [2.75, 3.05) is 11.9 Å². The molecule has 2 aromatic heterocycles. The Balaban J connectivity index is 2.58.